The molecule has 2 rings (SSSR count). The molecule has 1 aromatic heterocycles. The first kappa shape index (κ1) is 13.8. The van der Waals surface area contributed by atoms with Gasteiger partial charge in [0.05, 0.1) is 5.92 Å². The van der Waals surface area contributed by atoms with E-state index in [1.807, 2.05) is 11.8 Å². The van der Waals surface area contributed by atoms with E-state index < -0.39 is 0 Å². The average Bonchev–Trinajstić information content (AvgIpc) is 2.94. The minimum atomic E-state index is 0.371. The normalized spacial score (nSPS) is 24.0. The van der Waals surface area contributed by atoms with Crippen LogP contribution in [0.4, 0.5) is 0 Å². The number of hydrogen-bond acceptors (Lipinski definition) is 6. The smallest absolute Gasteiger partial charge is 0.232 e. The van der Waals surface area contributed by atoms with Crippen LogP contribution in [0.25, 0.3) is 0 Å². The largest absolute Gasteiger partial charge is 0.339 e. The first-order chi connectivity index (χ1) is 8.70. The van der Waals surface area contributed by atoms with E-state index in [1.165, 1.54) is 0 Å². The summed E-state index contributed by atoms with van der Waals surface area (Å²) in [5.74, 6) is 4.21. The molecule has 2 heterocycles. The van der Waals surface area contributed by atoms with Gasteiger partial charge < -0.3 is 14.7 Å². The van der Waals surface area contributed by atoms with Crippen LogP contribution < -0.4 is 5.32 Å². The molecule has 0 saturated carbocycles. The zero-order valence-corrected chi connectivity index (χ0v) is 12.2. The third-order valence-corrected chi connectivity index (χ3v) is 4.32. The first-order valence-electron chi connectivity index (χ1n) is 6.49. The quantitative estimate of drug-likeness (QED) is 0.832. The average molecular weight is 270 g/mol. The fourth-order valence-electron chi connectivity index (χ4n) is 2.10. The lowest BCUT2D eigenvalue weighted by Gasteiger charge is -2.15. The van der Waals surface area contributed by atoms with Crippen LogP contribution in [-0.4, -0.2) is 59.8 Å². The zero-order chi connectivity index (χ0) is 13.0. The van der Waals surface area contributed by atoms with Crippen LogP contribution in [0, 0.1) is 0 Å². The van der Waals surface area contributed by atoms with E-state index in [9.17, 15) is 0 Å². The third kappa shape index (κ3) is 3.46. The van der Waals surface area contributed by atoms with Crippen LogP contribution in [0.5, 0.6) is 0 Å². The summed E-state index contributed by atoms with van der Waals surface area (Å²) >= 11 is 1.95. The van der Waals surface area contributed by atoms with Crippen molar-refractivity contribution in [3.63, 3.8) is 0 Å². The molecule has 0 radical (unpaired) electrons. The molecule has 0 aliphatic carbocycles. The van der Waals surface area contributed by atoms with E-state index in [0.717, 1.165) is 42.7 Å². The van der Waals surface area contributed by atoms with E-state index in [4.69, 9.17) is 4.52 Å². The molecular weight excluding hydrogens is 248 g/mol. The summed E-state index contributed by atoms with van der Waals surface area (Å²) in [6, 6.07) is 0.474. The molecule has 1 aliphatic rings. The Hall–Kier alpha value is -0.590. The number of aromatic nitrogens is 2. The lowest BCUT2D eigenvalue weighted by Crippen LogP contribution is -2.34. The van der Waals surface area contributed by atoms with Crippen LogP contribution in [0.15, 0.2) is 4.52 Å². The van der Waals surface area contributed by atoms with Crippen molar-refractivity contribution < 1.29 is 4.52 Å². The standard InChI is InChI=1S/C12H22N4OS/c1-4-13-10-8-18-7-9(10)12-14-11(15-17-12)5-6-16(2)3/h9-10,13H,4-8H2,1-3H3. The molecule has 1 N–H and O–H groups in total. The Balaban J connectivity index is 1.96. The third-order valence-electron chi connectivity index (χ3n) is 3.13. The molecule has 0 amide bonds. The van der Waals surface area contributed by atoms with Gasteiger partial charge in [0.25, 0.3) is 0 Å². The van der Waals surface area contributed by atoms with Crippen molar-refractivity contribution in [1.29, 1.82) is 0 Å². The molecule has 0 spiro atoms. The molecule has 0 bridgehead atoms. The Morgan fingerprint density at radius 2 is 2.28 bits per heavy atom. The van der Waals surface area contributed by atoms with Crippen molar-refractivity contribution in [3.8, 4) is 0 Å². The predicted octanol–water partition coefficient (Wildman–Crippen LogP) is 0.982. The summed E-state index contributed by atoms with van der Waals surface area (Å²) < 4.78 is 5.42. The van der Waals surface area contributed by atoms with Gasteiger partial charge in [0.2, 0.25) is 5.89 Å². The molecule has 6 heteroatoms. The highest BCUT2D eigenvalue weighted by atomic mass is 32.2. The number of nitrogens with zero attached hydrogens (tertiary/aromatic N) is 3. The summed E-state index contributed by atoms with van der Waals surface area (Å²) in [7, 11) is 4.10. The number of thioether (sulfide) groups is 1. The van der Waals surface area contributed by atoms with Crippen LogP contribution in [0.1, 0.15) is 24.6 Å². The van der Waals surface area contributed by atoms with Gasteiger partial charge in [-0.05, 0) is 20.6 Å². The Morgan fingerprint density at radius 1 is 1.44 bits per heavy atom. The molecule has 1 saturated heterocycles. The topological polar surface area (TPSA) is 54.2 Å². The predicted molar refractivity (Wildman–Crippen MR) is 74.1 cm³/mol. The van der Waals surface area contributed by atoms with Crippen LogP contribution in [0.3, 0.4) is 0 Å². The van der Waals surface area contributed by atoms with Gasteiger partial charge in [0.1, 0.15) is 0 Å². The Morgan fingerprint density at radius 3 is 3.00 bits per heavy atom. The van der Waals surface area contributed by atoms with Gasteiger partial charge in [-0.15, -0.1) is 0 Å². The summed E-state index contributed by atoms with van der Waals surface area (Å²) in [5.41, 5.74) is 0. The number of hydrogen-bond donors (Lipinski definition) is 1. The van der Waals surface area contributed by atoms with Gasteiger partial charge in [-0.25, -0.2) is 0 Å². The lowest BCUT2D eigenvalue weighted by atomic mass is 10.0. The van der Waals surface area contributed by atoms with Crippen molar-refractivity contribution in [1.82, 2.24) is 20.4 Å². The summed E-state index contributed by atoms with van der Waals surface area (Å²) in [6.45, 7) is 4.08. The first-order valence-corrected chi connectivity index (χ1v) is 7.64. The monoisotopic (exact) mass is 270 g/mol. The summed E-state index contributed by atoms with van der Waals surface area (Å²) in [5, 5.41) is 7.57. The highest BCUT2D eigenvalue weighted by Gasteiger charge is 2.32. The van der Waals surface area contributed by atoms with Crippen molar-refractivity contribution >= 4 is 11.8 Å². The van der Waals surface area contributed by atoms with Crippen molar-refractivity contribution in [2.24, 2.45) is 0 Å². The number of likely N-dealkylation sites (N-methyl/N-ethyl adjacent to an activating group) is 2. The number of nitrogens with one attached hydrogen (secondary N) is 1. The van der Waals surface area contributed by atoms with Crippen LogP contribution in [-0.2, 0) is 6.42 Å². The molecule has 2 unspecified atom stereocenters. The summed E-state index contributed by atoms with van der Waals surface area (Å²) in [4.78, 5) is 6.67. The minimum Gasteiger partial charge on any atom is -0.339 e. The second-order valence-corrected chi connectivity index (χ2v) is 5.99. The fourth-order valence-corrected chi connectivity index (χ4v) is 3.47. The highest BCUT2D eigenvalue weighted by molar-refractivity contribution is 7.99. The Kier molecular flexibility index (Phi) is 5.03. The maximum Gasteiger partial charge on any atom is 0.232 e. The van der Waals surface area contributed by atoms with Crippen molar-refractivity contribution in [2.75, 3.05) is 38.7 Å². The highest BCUT2D eigenvalue weighted by Crippen LogP contribution is 2.31. The van der Waals surface area contributed by atoms with Gasteiger partial charge in [-0.3, -0.25) is 0 Å². The van der Waals surface area contributed by atoms with Gasteiger partial charge in [0, 0.05) is 30.5 Å². The molecular formula is C12H22N4OS. The van der Waals surface area contributed by atoms with E-state index in [1.54, 1.807) is 0 Å². The van der Waals surface area contributed by atoms with Gasteiger partial charge in [0.15, 0.2) is 5.82 Å². The van der Waals surface area contributed by atoms with Crippen molar-refractivity contribution in [2.45, 2.75) is 25.3 Å². The second-order valence-electron chi connectivity index (χ2n) is 4.91. The maximum absolute atomic E-state index is 5.42. The van der Waals surface area contributed by atoms with Crippen LogP contribution >= 0.6 is 11.8 Å². The second kappa shape index (κ2) is 6.54. The van der Waals surface area contributed by atoms with Gasteiger partial charge in [-0.2, -0.15) is 16.7 Å². The van der Waals surface area contributed by atoms with E-state index >= 15 is 0 Å². The molecule has 1 aliphatic heterocycles. The zero-order valence-electron chi connectivity index (χ0n) is 11.3. The molecule has 5 nitrogen and oxygen atoms in total. The minimum absolute atomic E-state index is 0.371. The lowest BCUT2D eigenvalue weighted by molar-refractivity contribution is 0.335. The van der Waals surface area contributed by atoms with E-state index in [-0.39, 0.29) is 0 Å². The molecule has 1 aromatic rings. The fraction of sp³-hybridized carbons (Fsp3) is 0.833. The molecule has 1 fully saturated rings. The van der Waals surface area contributed by atoms with E-state index in [0.29, 0.717) is 12.0 Å². The molecule has 0 aromatic carbocycles. The Bertz CT molecular complexity index is 369. The molecule has 18 heavy (non-hydrogen) atoms. The Labute approximate surface area is 113 Å². The van der Waals surface area contributed by atoms with Crippen molar-refractivity contribution in [3.05, 3.63) is 11.7 Å². The van der Waals surface area contributed by atoms with E-state index in [2.05, 4.69) is 41.4 Å². The van der Waals surface area contributed by atoms with Gasteiger partial charge in [-0.1, -0.05) is 12.1 Å². The number of rotatable bonds is 6. The molecule has 2 atom stereocenters. The molecule has 102 valence electrons. The maximum atomic E-state index is 5.42. The summed E-state index contributed by atoms with van der Waals surface area (Å²) in [6.07, 6.45) is 0.849. The SMILES string of the molecule is CCNC1CSCC1c1nc(CCN(C)C)no1. The van der Waals surface area contributed by atoms with Crippen LogP contribution in [0.2, 0.25) is 0 Å². The van der Waals surface area contributed by atoms with Gasteiger partial charge >= 0.3 is 0 Å².